The average molecular weight is 592 g/mol. The first kappa shape index (κ1) is 28.0. The van der Waals surface area contributed by atoms with E-state index >= 15 is 0 Å². The number of amides is 1. The third kappa shape index (κ3) is 7.32. The fraction of sp³-hybridized carbons (Fsp3) is 0.267. The molecule has 8 nitrogen and oxygen atoms in total. The van der Waals surface area contributed by atoms with Gasteiger partial charge in [0.2, 0.25) is 0 Å². The zero-order chi connectivity index (χ0) is 27.8. The van der Waals surface area contributed by atoms with Crippen molar-refractivity contribution in [3.8, 4) is 11.5 Å². The van der Waals surface area contributed by atoms with E-state index in [-0.39, 0.29) is 18.1 Å². The van der Waals surface area contributed by atoms with Gasteiger partial charge >= 0.3 is 0 Å². The van der Waals surface area contributed by atoms with E-state index < -0.39 is 0 Å². The van der Waals surface area contributed by atoms with Gasteiger partial charge in [0.05, 0.1) is 23.7 Å². The van der Waals surface area contributed by atoms with Crippen LogP contribution in [0.15, 0.2) is 75.0 Å². The number of rotatable bonds is 11. The van der Waals surface area contributed by atoms with Crippen LogP contribution in [0.4, 0.5) is 5.69 Å². The van der Waals surface area contributed by atoms with E-state index in [9.17, 15) is 9.59 Å². The summed E-state index contributed by atoms with van der Waals surface area (Å²) in [4.78, 5) is 30.4. The standard InChI is InChI=1S/C30H31BrN4O4/c1-4-6-7-28-34-25-14-11-22(31)17-24(25)30(37)35(28)32-18-21-10-15-26(27(16-21)38-5-2)39-19-29(36)33-23-12-8-20(3)9-13-23/h8-18H,4-7,19H2,1-3H3,(H,33,36). The first-order chi connectivity index (χ1) is 18.9. The van der Waals surface area contributed by atoms with Crippen LogP contribution < -0.4 is 20.3 Å². The Kier molecular flexibility index (Phi) is 9.49. The molecule has 4 rings (SSSR count). The molecular formula is C30H31BrN4O4. The maximum atomic E-state index is 13.3. The molecule has 0 saturated carbocycles. The van der Waals surface area contributed by atoms with Gasteiger partial charge < -0.3 is 14.8 Å². The van der Waals surface area contributed by atoms with Crippen LogP contribution >= 0.6 is 15.9 Å². The minimum atomic E-state index is -0.277. The normalized spacial score (nSPS) is 11.2. The van der Waals surface area contributed by atoms with E-state index in [1.54, 1.807) is 30.5 Å². The first-order valence-electron chi connectivity index (χ1n) is 12.9. The molecule has 1 amide bonds. The number of carbonyl (C=O) groups excluding carboxylic acids is 1. The Morgan fingerprint density at radius 3 is 2.59 bits per heavy atom. The fourth-order valence-electron chi connectivity index (χ4n) is 3.90. The van der Waals surface area contributed by atoms with E-state index in [4.69, 9.17) is 14.5 Å². The minimum Gasteiger partial charge on any atom is -0.490 e. The maximum Gasteiger partial charge on any atom is 0.282 e. The number of hydrogen-bond acceptors (Lipinski definition) is 6. The quantitative estimate of drug-likeness (QED) is 0.213. The summed E-state index contributed by atoms with van der Waals surface area (Å²) in [5.41, 5.74) is 2.94. The van der Waals surface area contributed by atoms with Gasteiger partial charge in [0, 0.05) is 16.6 Å². The molecule has 0 spiro atoms. The maximum absolute atomic E-state index is 13.3. The summed E-state index contributed by atoms with van der Waals surface area (Å²) in [6.07, 6.45) is 4.09. The monoisotopic (exact) mass is 590 g/mol. The number of ether oxygens (including phenoxy) is 2. The highest BCUT2D eigenvalue weighted by molar-refractivity contribution is 9.10. The van der Waals surface area contributed by atoms with Crippen molar-refractivity contribution in [2.24, 2.45) is 5.10 Å². The highest BCUT2D eigenvalue weighted by atomic mass is 79.9. The van der Waals surface area contributed by atoms with E-state index in [0.717, 1.165) is 22.9 Å². The van der Waals surface area contributed by atoms with Crippen molar-refractivity contribution in [3.05, 3.63) is 92.4 Å². The molecule has 0 bridgehead atoms. The summed E-state index contributed by atoms with van der Waals surface area (Å²) in [6.45, 7) is 6.19. The molecule has 39 heavy (non-hydrogen) atoms. The van der Waals surface area contributed by atoms with Crippen molar-refractivity contribution >= 4 is 44.6 Å². The van der Waals surface area contributed by atoms with E-state index in [1.807, 2.05) is 50.2 Å². The lowest BCUT2D eigenvalue weighted by molar-refractivity contribution is -0.118. The summed E-state index contributed by atoms with van der Waals surface area (Å²) in [7, 11) is 0. The number of hydrogen-bond donors (Lipinski definition) is 1. The minimum absolute atomic E-state index is 0.171. The molecule has 0 aliphatic rings. The molecule has 0 unspecified atom stereocenters. The zero-order valence-electron chi connectivity index (χ0n) is 22.2. The van der Waals surface area contributed by atoms with Gasteiger partial charge in [-0.25, -0.2) is 4.98 Å². The summed E-state index contributed by atoms with van der Waals surface area (Å²) >= 11 is 3.43. The van der Waals surface area contributed by atoms with Gasteiger partial charge in [-0.15, -0.1) is 0 Å². The van der Waals surface area contributed by atoms with Gasteiger partial charge in [-0.05, 0) is 74.4 Å². The predicted octanol–water partition coefficient (Wildman–Crippen LogP) is 6.11. The second-order valence-corrected chi connectivity index (χ2v) is 9.91. The lowest BCUT2D eigenvalue weighted by Gasteiger charge is -2.13. The molecule has 4 aromatic rings. The van der Waals surface area contributed by atoms with Crippen molar-refractivity contribution in [2.75, 3.05) is 18.5 Å². The first-order valence-corrected chi connectivity index (χ1v) is 13.7. The number of nitrogens with zero attached hydrogens (tertiary/aromatic N) is 3. The van der Waals surface area contributed by atoms with Crippen molar-refractivity contribution < 1.29 is 14.3 Å². The Balaban J connectivity index is 1.55. The molecule has 0 atom stereocenters. The number of halogens is 1. The zero-order valence-corrected chi connectivity index (χ0v) is 23.8. The molecule has 202 valence electrons. The summed E-state index contributed by atoms with van der Waals surface area (Å²) in [6, 6.07) is 18.3. The molecule has 1 aromatic heterocycles. The van der Waals surface area contributed by atoms with E-state index in [0.29, 0.717) is 52.5 Å². The SMILES string of the molecule is CCCCc1nc2ccc(Br)cc2c(=O)n1N=Cc1ccc(OCC(=O)Nc2ccc(C)cc2)c(OCC)c1. The smallest absolute Gasteiger partial charge is 0.282 e. The number of aromatic nitrogens is 2. The van der Waals surface area contributed by atoms with Crippen molar-refractivity contribution in [3.63, 3.8) is 0 Å². The van der Waals surface area contributed by atoms with Crippen LogP contribution in [-0.2, 0) is 11.2 Å². The Morgan fingerprint density at radius 2 is 1.85 bits per heavy atom. The predicted molar refractivity (Wildman–Crippen MR) is 158 cm³/mol. The average Bonchev–Trinajstić information content (AvgIpc) is 2.93. The molecule has 0 fully saturated rings. The van der Waals surface area contributed by atoms with Gasteiger partial charge in [-0.2, -0.15) is 9.78 Å². The number of fused-ring (bicyclic) bond motifs is 1. The number of nitrogens with one attached hydrogen (secondary N) is 1. The fourth-order valence-corrected chi connectivity index (χ4v) is 4.27. The molecule has 1 heterocycles. The van der Waals surface area contributed by atoms with Gasteiger partial charge in [0.25, 0.3) is 11.5 Å². The highest BCUT2D eigenvalue weighted by Crippen LogP contribution is 2.28. The van der Waals surface area contributed by atoms with Gasteiger partial charge in [-0.1, -0.05) is 47.0 Å². The van der Waals surface area contributed by atoms with E-state index in [1.165, 1.54) is 4.68 Å². The van der Waals surface area contributed by atoms with Crippen LogP contribution in [0, 0.1) is 6.92 Å². The van der Waals surface area contributed by atoms with Crippen LogP contribution in [0.3, 0.4) is 0 Å². The lowest BCUT2D eigenvalue weighted by atomic mass is 10.2. The molecule has 0 aliphatic heterocycles. The summed E-state index contributed by atoms with van der Waals surface area (Å²) < 4.78 is 13.7. The summed E-state index contributed by atoms with van der Waals surface area (Å²) in [5, 5.41) is 7.81. The second kappa shape index (κ2) is 13.2. The lowest BCUT2D eigenvalue weighted by Crippen LogP contribution is -2.22. The highest BCUT2D eigenvalue weighted by Gasteiger charge is 2.12. The van der Waals surface area contributed by atoms with Gasteiger partial charge in [-0.3, -0.25) is 9.59 Å². The summed E-state index contributed by atoms with van der Waals surface area (Å²) in [5.74, 6) is 1.24. The van der Waals surface area contributed by atoms with Crippen molar-refractivity contribution in [2.45, 2.75) is 40.0 Å². The Labute approximate surface area is 235 Å². The Morgan fingerprint density at radius 1 is 1.05 bits per heavy atom. The van der Waals surface area contributed by atoms with Crippen LogP contribution in [0.1, 0.15) is 43.6 Å². The van der Waals surface area contributed by atoms with E-state index in [2.05, 4.69) is 33.3 Å². The molecule has 9 heteroatoms. The Bertz CT molecular complexity index is 1550. The molecule has 0 saturated heterocycles. The van der Waals surface area contributed by atoms with Crippen LogP contribution in [-0.4, -0.2) is 35.0 Å². The third-order valence-electron chi connectivity index (χ3n) is 5.91. The molecule has 0 radical (unpaired) electrons. The largest absolute Gasteiger partial charge is 0.490 e. The van der Waals surface area contributed by atoms with Gasteiger partial charge in [0.1, 0.15) is 5.82 Å². The van der Waals surface area contributed by atoms with Gasteiger partial charge in [0.15, 0.2) is 18.1 Å². The number of anilines is 1. The molecular weight excluding hydrogens is 560 g/mol. The third-order valence-corrected chi connectivity index (χ3v) is 6.41. The van der Waals surface area contributed by atoms with Crippen molar-refractivity contribution in [1.82, 2.24) is 9.66 Å². The molecule has 3 aromatic carbocycles. The van der Waals surface area contributed by atoms with Crippen LogP contribution in [0.5, 0.6) is 11.5 Å². The van der Waals surface area contributed by atoms with Crippen molar-refractivity contribution in [1.29, 1.82) is 0 Å². The topological polar surface area (TPSA) is 94.8 Å². The molecule has 1 N–H and O–H groups in total. The number of aryl methyl sites for hydroxylation is 2. The molecule has 0 aliphatic carbocycles. The second-order valence-electron chi connectivity index (χ2n) is 9.00. The van der Waals surface area contributed by atoms with Crippen LogP contribution in [0.25, 0.3) is 10.9 Å². The number of carbonyl (C=O) groups is 1. The Hall–Kier alpha value is -3.98. The number of unbranched alkanes of at least 4 members (excludes halogenated alkanes) is 1. The van der Waals surface area contributed by atoms with Crippen LogP contribution in [0.2, 0.25) is 0 Å². The number of benzene rings is 3.